The van der Waals surface area contributed by atoms with Gasteiger partial charge in [0.15, 0.2) is 0 Å². The van der Waals surface area contributed by atoms with Crippen molar-refractivity contribution in [3.05, 3.63) is 29.6 Å². The number of ether oxygens (including phenoxy) is 1. The molecule has 1 aromatic carbocycles. The van der Waals surface area contributed by atoms with Gasteiger partial charge in [0.25, 0.3) is 0 Å². The summed E-state index contributed by atoms with van der Waals surface area (Å²) >= 11 is 0. The van der Waals surface area contributed by atoms with E-state index < -0.39 is 24.2 Å². The lowest BCUT2D eigenvalue weighted by Crippen LogP contribution is -2.01. The van der Waals surface area contributed by atoms with E-state index in [0.29, 0.717) is 0 Å². The van der Waals surface area contributed by atoms with Crippen molar-refractivity contribution in [2.45, 2.75) is 0 Å². The number of rotatable bonds is 3. The van der Waals surface area contributed by atoms with Gasteiger partial charge in [-0.05, 0) is 12.1 Å². The van der Waals surface area contributed by atoms with Crippen LogP contribution in [0.25, 0.3) is 0 Å². The number of hydrogen-bond donors (Lipinski definition) is 1. The largest absolute Gasteiger partial charge is 0.478 e. The first-order valence-corrected chi connectivity index (χ1v) is 3.36. The summed E-state index contributed by atoms with van der Waals surface area (Å²) in [4.78, 5) is 10.3. The van der Waals surface area contributed by atoms with Gasteiger partial charge in [0.1, 0.15) is 11.6 Å². The van der Waals surface area contributed by atoms with Crippen LogP contribution >= 0.6 is 0 Å². The predicted molar refractivity (Wildman–Crippen MR) is 40.0 cm³/mol. The minimum Gasteiger partial charge on any atom is -0.478 e. The minimum atomic E-state index is -1.37. The summed E-state index contributed by atoms with van der Waals surface area (Å²) < 4.78 is 28.8. The van der Waals surface area contributed by atoms with Gasteiger partial charge >= 0.3 is 5.97 Å². The second kappa shape index (κ2) is 3.84. The second-order valence-corrected chi connectivity index (χ2v) is 2.20. The molecule has 0 bridgehead atoms. The average Bonchev–Trinajstić information content (AvgIpc) is 2.04. The molecule has 0 aliphatic heterocycles. The van der Waals surface area contributed by atoms with Crippen molar-refractivity contribution < 1.29 is 23.4 Å². The number of alkyl halides is 1. The Morgan fingerprint density at radius 2 is 2.23 bits per heavy atom. The number of carboxylic acid groups (broad SMARTS) is 1. The fourth-order valence-electron chi connectivity index (χ4n) is 0.822. The Morgan fingerprint density at radius 3 is 2.69 bits per heavy atom. The van der Waals surface area contributed by atoms with E-state index in [-0.39, 0.29) is 5.75 Å². The summed E-state index contributed by atoms with van der Waals surface area (Å²) in [5.74, 6) is -2.35. The van der Waals surface area contributed by atoms with Crippen molar-refractivity contribution in [3.8, 4) is 5.75 Å². The van der Waals surface area contributed by atoms with E-state index in [9.17, 15) is 13.6 Å². The molecule has 70 valence electrons. The molecule has 0 aromatic heterocycles. The predicted octanol–water partition coefficient (Wildman–Crippen LogP) is 1.83. The molecular formula is C8H6F2O3. The van der Waals surface area contributed by atoms with Gasteiger partial charge in [-0.1, -0.05) is 0 Å². The lowest BCUT2D eigenvalue weighted by atomic mass is 10.2. The Bertz CT molecular complexity index is 325. The van der Waals surface area contributed by atoms with Crippen molar-refractivity contribution >= 4 is 5.97 Å². The van der Waals surface area contributed by atoms with E-state index >= 15 is 0 Å². The molecule has 0 spiro atoms. The Kier molecular flexibility index (Phi) is 2.79. The van der Waals surface area contributed by atoms with Gasteiger partial charge in [0, 0.05) is 6.07 Å². The fourth-order valence-corrected chi connectivity index (χ4v) is 0.822. The summed E-state index contributed by atoms with van der Waals surface area (Å²) in [6.07, 6.45) is 0. The molecule has 5 heteroatoms. The van der Waals surface area contributed by atoms with Gasteiger partial charge in [-0.3, -0.25) is 0 Å². The molecule has 1 rings (SSSR count). The van der Waals surface area contributed by atoms with Gasteiger partial charge in [0.05, 0.1) is 5.56 Å². The van der Waals surface area contributed by atoms with Crippen LogP contribution in [0.15, 0.2) is 18.2 Å². The molecule has 0 heterocycles. The van der Waals surface area contributed by atoms with Crippen molar-refractivity contribution in [3.63, 3.8) is 0 Å². The quantitative estimate of drug-likeness (QED) is 0.787. The van der Waals surface area contributed by atoms with Crippen LogP contribution in [0.1, 0.15) is 10.4 Å². The maximum Gasteiger partial charge on any atom is 0.338 e. The Balaban J connectivity index is 2.98. The molecule has 0 amide bonds. The molecule has 0 fully saturated rings. The first kappa shape index (κ1) is 9.44. The molecule has 1 N–H and O–H groups in total. The first-order chi connectivity index (χ1) is 6.15. The zero-order valence-electron chi connectivity index (χ0n) is 6.46. The standard InChI is InChI=1S/C8H6F2O3/c9-4-13-5-1-2-6(8(11)12)7(10)3-5/h1-3H,4H2,(H,11,12). The normalized spacial score (nSPS) is 9.69. The molecule has 0 aliphatic rings. The van der Waals surface area contributed by atoms with Gasteiger partial charge in [-0.25, -0.2) is 13.6 Å². The second-order valence-electron chi connectivity index (χ2n) is 2.20. The van der Waals surface area contributed by atoms with E-state index in [1.54, 1.807) is 0 Å². The van der Waals surface area contributed by atoms with Gasteiger partial charge in [-0.2, -0.15) is 0 Å². The zero-order valence-corrected chi connectivity index (χ0v) is 6.46. The molecule has 0 aliphatic carbocycles. The van der Waals surface area contributed by atoms with E-state index in [4.69, 9.17) is 5.11 Å². The van der Waals surface area contributed by atoms with E-state index in [0.717, 1.165) is 12.1 Å². The maximum atomic E-state index is 12.8. The number of halogens is 2. The Hall–Kier alpha value is -1.65. The highest BCUT2D eigenvalue weighted by Crippen LogP contribution is 2.16. The van der Waals surface area contributed by atoms with Crippen LogP contribution in [0, 0.1) is 5.82 Å². The third kappa shape index (κ3) is 2.14. The fraction of sp³-hybridized carbons (Fsp3) is 0.125. The molecule has 1 aromatic rings. The van der Waals surface area contributed by atoms with Crippen LogP contribution in [-0.2, 0) is 0 Å². The van der Waals surface area contributed by atoms with Gasteiger partial charge in [-0.15, -0.1) is 0 Å². The summed E-state index contributed by atoms with van der Waals surface area (Å²) in [5.41, 5.74) is -0.466. The Morgan fingerprint density at radius 1 is 1.54 bits per heavy atom. The SMILES string of the molecule is O=C(O)c1ccc(OCF)cc1F. The molecular weight excluding hydrogens is 182 g/mol. The lowest BCUT2D eigenvalue weighted by molar-refractivity contribution is 0.0692. The van der Waals surface area contributed by atoms with Crippen LogP contribution in [0.5, 0.6) is 5.75 Å². The molecule has 0 radical (unpaired) electrons. The topological polar surface area (TPSA) is 46.5 Å². The van der Waals surface area contributed by atoms with Crippen LogP contribution in [-0.4, -0.2) is 17.9 Å². The van der Waals surface area contributed by atoms with E-state index in [1.165, 1.54) is 6.07 Å². The molecule has 13 heavy (non-hydrogen) atoms. The van der Waals surface area contributed by atoms with Crippen LogP contribution in [0.4, 0.5) is 8.78 Å². The monoisotopic (exact) mass is 188 g/mol. The highest BCUT2D eigenvalue weighted by atomic mass is 19.1. The van der Waals surface area contributed by atoms with Crippen molar-refractivity contribution in [1.29, 1.82) is 0 Å². The third-order valence-corrected chi connectivity index (χ3v) is 1.39. The smallest absolute Gasteiger partial charge is 0.338 e. The molecule has 0 saturated heterocycles. The maximum absolute atomic E-state index is 12.8. The van der Waals surface area contributed by atoms with Crippen LogP contribution in [0.2, 0.25) is 0 Å². The third-order valence-electron chi connectivity index (χ3n) is 1.39. The minimum absolute atomic E-state index is 0.0370. The van der Waals surface area contributed by atoms with Gasteiger partial charge in [0.2, 0.25) is 6.86 Å². The first-order valence-electron chi connectivity index (χ1n) is 3.36. The summed E-state index contributed by atoms with van der Waals surface area (Å²) in [6.45, 7) is -1.08. The highest BCUT2D eigenvalue weighted by Gasteiger charge is 2.10. The number of aromatic carboxylic acids is 1. The summed E-state index contributed by atoms with van der Waals surface area (Å²) in [5, 5.41) is 8.43. The van der Waals surface area contributed by atoms with E-state index in [2.05, 4.69) is 4.74 Å². The molecule has 3 nitrogen and oxygen atoms in total. The Labute approximate surface area is 72.6 Å². The zero-order chi connectivity index (χ0) is 9.84. The number of carbonyl (C=O) groups is 1. The number of hydrogen-bond acceptors (Lipinski definition) is 2. The molecule has 0 atom stereocenters. The summed E-state index contributed by atoms with van der Waals surface area (Å²) in [7, 11) is 0. The lowest BCUT2D eigenvalue weighted by Gasteiger charge is -2.02. The van der Waals surface area contributed by atoms with Crippen LogP contribution in [0.3, 0.4) is 0 Å². The molecule has 0 unspecified atom stereocenters. The average molecular weight is 188 g/mol. The van der Waals surface area contributed by atoms with Gasteiger partial charge < -0.3 is 9.84 Å². The van der Waals surface area contributed by atoms with Crippen LogP contribution < -0.4 is 4.74 Å². The number of benzene rings is 1. The molecule has 0 saturated carbocycles. The van der Waals surface area contributed by atoms with Crippen molar-refractivity contribution in [2.75, 3.05) is 6.86 Å². The van der Waals surface area contributed by atoms with Crippen molar-refractivity contribution in [1.82, 2.24) is 0 Å². The summed E-state index contributed by atoms with van der Waals surface area (Å²) in [6, 6.07) is 3.03. The van der Waals surface area contributed by atoms with Crippen molar-refractivity contribution in [2.24, 2.45) is 0 Å². The van der Waals surface area contributed by atoms with E-state index in [1.807, 2.05) is 0 Å². The number of carboxylic acids is 1. The highest BCUT2D eigenvalue weighted by molar-refractivity contribution is 5.88.